The SMILES string of the molecule is Fc1cnc(N=NCc2ccc(Nc3cccc(C(F)(F)F)c3)cn2)nc1-c1cncc(Cc2ccccc2)c1. The molecule has 0 bridgehead atoms. The van der Waals surface area contributed by atoms with E-state index in [1.807, 2.05) is 36.4 Å². The van der Waals surface area contributed by atoms with E-state index in [2.05, 4.69) is 35.5 Å². The Labute approximate surface area is 226 Å². The lowest BCUT2D eigenvalue weighted by Crippen LogP contribution is -2.05. The molecule has 0 unspecified atom stereocenters. The highest BCUT2D eigenvalue weighted by Gasteiger charge is 2.30. The van der Waals surface area contributed by atoms with E-state index in [0.29, 0.717) is 23.4 Å². The van der Waals surface area contributed by atoms with Gasteiger partial charge in [0.15, 0.2) is 5.82 Å². The van der Waals surface area contributed by atoms with E-state index in [9.17, 15) is 17.6 Å². The van der Waals surface area contributed by atoms with Crippen LogP contribution in [-0.4, -0.2) is 19.9 Å². The number of anilines is 2. The molecule has 0 fully saturated rings. The lowest BCUT2D eigenvalue weighted by atomic mass is 10.0. The van der Waals surface area contributed by atoms with Crippen LogP contribution < -0.4 is 5.32 Å². The van der Waals surface area contributed by atoms with Gasteiger partial charge in [0.05, 0.1) is 29.3 Å². The summed E-state index contributed by atoms with van der Waals surface area (Å²) in [4.78, 5) is 16.6. The molecule has 0 radical (unpaired) electrons. The average Bonchev–Trinajstić information content (AvgIpc) is 2.95. The number of hydrogen-bond acceptors (Lipinski definition) is 7. The average molecular weight is 544 g/mol. The number of pyridine rings is 2. The second-order valence-electron chi connectivity index (χ2n) is 8.75. The molecule has 2 aromatic carbocycles. The molecule has 7 nitrogen and oxygen atoms in total. The van der Waals surface area contributed by atoms with Gasteiger partial charge in [-0.15, -0.1) is 5.11 Å². The second-order valence-corrected chi connectivity index (χ2v) is 8.75. The summed E-state index contributed by atoms with van der Waals surface area (Å²) in [6, 6.07) is 19.9. The number of nitrogens with zero attached hydrogens (tertiary/aromatic N) is 6. The number of benzene rings is 2. The lowest BCUT2D eigenvalue weighted by Gasteiger charge is -2.10. The summed E-state index contributed by atoms with van der Waals surface area (Å²) < 4.78 is 53.4. The molecule has 0 aliphatic heterocycles. The third kappa shape index (κ3) is 6.87. The van der Waals surface area contributed by atoms with E-state index >= 15 is 0 Å². The zero-order valence-electron chi connectivity index (χ0n) is 20.8. The monoisotopic (exact) mass is 543 g/mol. The van der Waals surface area contributed by atoms with Crippen LogP contribution in [0.1, 0.15) is 22.4 Å². The van der Waals surface area contributed by atoms with E-state index in [1.165, 1.54) is 24.5 Å². The Bertz CT molecular complexity index is 1620. The minimum absolute atomic E-state index is 0.0207. The maximum Gasteiger partial charge on any atom is 0.416 e. The molecule has 40 heavy (non-hydrogen) atoms. The number of alkyl halides is 3. The molecular weight excluding hydrogens is 522 g/mol. The van der Waals surface area contributed by atoms with Gasteiger partial charge in [0.1, 0.15) is 12.2 Å². The first-order valence-electron chi connectivity index (χ1n) is 12.1. The predicted molar refractivity (Wildman–Crippen MR) is 142 cm³/mol. The molecule has 0 saturated heterocycles. The molecule has 0 atom stereocenters. The Balaban J connectivity index is 1.24. The zero-order valence-corrected chi connectivity index (χ0v) is 20.8. The fourth-order valence-corrected chi connectivity index (χ4v) is 3.86. The van der Waals surface area contributed by atoms with E-state index in [0.717, 1.165) is 29.5 Å². The van der Waals surface area contributed by atoms with Gasteiger partial charge in [-0.05, 0) is 53.9 Å². The molecule has 3 heterocycles. The highest BCUT2D eigenvalue weighted by molar-refractivity contribution is 5.61. The number of rotatable bonds is 8. The topological polar surface area (TPSA) is 88.3 Å². The van der Waals surface area contributed by atoms with Crippen LogP contribution in [-0.2, 0) is 19.1 Å². The van der Waals surface area contributed by atoms with Gasteiger partial charge in [0, 0.05) is 23.6 Å². The molecule has 0 spiro atoms. The van der Waals surface area contributed by atoms with Crippen molar-refractivity contribution in [3.05, 3.63) is 126 Å². The van der Waals surface area contributed by atoms with Crippen molar-refractivity contribution in [3.63, 3.8) is 0 Å². The third-order valence-corrected chi connectivity index (χ3v) is 5.75. The molecule has 0 aliphatic rings. The molecule has 11 heteroatoms. The molecule has 0 saturated carbocycles. The van der Waals surface area contributed by atoms with Crippen molar-refractivity contribution in [1.29, 1.82) is 0 Å². The van der Waals surface area contributed by atoms with Crippen molar-refractivity contribution in [2.24, 2.45) is 10.2 Å². The molecule has 5 aromatic rings. The Morgan fingerprint density at radius 1 is 0.775 bits per heavy atom. The fraction of sp³-hybridized carbons (Fsp3) is 0.103. The van der Waals surface area contributed by atoms with Gasteiger partial charge in [-0.2, -0.15) is 18.3 Å². The van der Waals surface area contributed by atoms with Crippen molar-refractivity contribution in [2.75, 3.05) is 5.32 Å². The van der Waals surface area contributed by atoms with E-state index < -0.39 is 17.6 Å². The summed E-state index contributed by atoms with van der Waals surface area (Å²) in [5, 5.41) is 10.9. The summed E-state index contributed by atoms with van der Waals surface area (Å²) in [5.74, 6) is -0.629. The van der Waals surface area contributed by atoms with Crippen LogP contribution in [0.5, 0.6) is 0 Å². The Morgan fingerprint density at radius 3 is 2.40 bits per heavy atom. The maximum absolute atomic E-state index is 14.6. The molecule has 0 aliphatic carbocycles. The highest BCUT2D eigenvalue weighted by atomic mass is 19.4. The molecule has 0 amide bonds. The van der Waals surface area contributed by atoms with Gasteiger partial charge < -0.3 is 5.32 Å². The van der Waals surface area contributed by atoms with Crippen molar-refractivity contribution in [2.45, 2.75) is 19.1 Å². The Morgan fingerprint density at radius 2 is 1.62 bits per heavy atom. The van der Waals surface area contributed by atoms with Crippen LogP contribution in [0.15, 0.2) is 108 Å². The summed E-state index contributed by atoms with van der Waals surface area (Å²) in [7, 11) is 0. The summed E-state index contributed by atoms with van der Waals surface area (Å²) in [6.45, 7) is 0.0913. The van der Waals surface area contributed by atoms with Crippen LogP contribution in [0, 0.1) is 5.82 Å². The van der Waals surface area contributed by atoms with Gasteiger partial charge >= 0.3 is 6.18 Å². The normalized spacial score (nSPS) is 11.6. The minimum Gasteiger partial charge on any atom is -0.354 e. The second kappa shape index (κ2) is 11.8. The highest BCUT2D eigenvalue weighted by Crippen LogP contribution is 2.31. The first kappa shape index (κ1) is 26.5. The first-order chi connectivity index (χ1) is 19.3. The van der Waals surface area contributed by atoms with E-state index in [4.69, 9.17) is 0 Å². The quantitative estimate of drug-likeness (QED) is 0.160. The van der Waals surface area contributed by atoms with Crippen LogP contribution in [0.4, 0.5) is 34.9 Å². The van der Waals surface area contributed by atoms with Gasteiger partial charge in [0.25, 0.3) is 5.95 Å². The Kier molecular flexibility index (Phi) is 7.81. The fourth-order valence-electron chi connectivity index (χ4n) is 3.86. The van der Waals surface area contributed by atoms with Crippen molar-refractivity contribution in [1.82, 2.24) is 19.9 Å². The number of halogens is 4. The Hall–Kier alpha value is -5.06. The molecule has 1 N–H and O–H groups in total. The van der Waals surface area contributed by atoms with Crippen molar-refractivity contribution >= 4 is 17.3 Å². The van der Waals surface area contributed by atoms with Crippen LogP contribution in [0.25, 0.3) is 11.3 Å². The molecular formula is C29H21F4N7. The summed E-state index contributed by atoms with van der Waals surface area (Å²) >= 11 is 0. The van der Waals surface area contributed by atoms with Gasteiger partial charge in [-0.1, -0.05) is 36.4 Å². The number of hydrogen-bond donors (Lipinski definition) is 1. The van der Waals surface area contributed by atoms with Crippen LogP contribution in [0.3, 0.4) is 0 Å². The number of aromatic nitrogens is 4. The minimum atomic E-state index is -4.43. The van der Waals surface area contributed by atoms with Crippen molar-refractivity contribution < 1.29 is 17.6 Å². The molecule has 5 rings (SSSR count). The zero-order chi connectivity index (χ0) is 28.0. The van der Waals surface area contributed by atoms with Gasteiger partial charge in [-0.3, -0.25) is 9.97 Å². The maximum atomic E-state index is 14.6. The first-order valence-corrected chi connectivity index (χ1v) is 12.1. The predicted octanol–water partition coefficient (Wildman–Crippen LogP) is 7.71. The van der Waals surface area contributed by atoms with E-state index in [1.54, 1.807) is 18.3 Å². The van der Waals surface area contributed by atoms with Crippen LogP contribution in [0.2, 0.25) is 0 Å². The molecule has 200 valence electrons. The number of nitrogens with one attached hydrogen (secondary N) is 1. The van der Waals surface area contributed by atoms with Crippen LogP contribution >= 0.6 is 0 Å². The van der Waals surface area contributed by atoms with Gasteiger partial charge in [-0.25, -0.2) is 14.4 Å². The number of azo groups is 1. The van der Waals surface area contributed by atoms with Crippen molar-refractivity contribution in [3.8, 4) is 11.3 Å². The van der Waals surface area contributed by atoms with Gasteiger partial charge in [0.2, 0.25) is 0 Å². The summed E-state index contributed by atoms with van der Waals surface area (Å²) in [5.41, 5.74) is 3.17. The smallest absolute Gasteiger partial charge is 0.354 e. The largest absolute Gasteiger partial charge is 0.416 e. The third-order valence-electron chi connectivity index (χ3n) is 5.75. The molecule has 3 aromatic heterocycles. The lowest BCUT2D eigenvalue weighted by molar-refractivity contribution is -0.137. The summed E-state index contributed by atoms with van der Waals surface area (Å²) in [6.07, 6.45) is 1.98. The van der Waals surface area contributed by atoms with E-state index in [-0.39, 0.29) is 23.9 Å². The standard InChI is InChI=1S/C29H21F4N7/c30-26-18-36-28(39-27(26)21-12-20(14-34-15-21)11-19-5-2-1-3-6-19)40-37-17-24-9-10-25(16-35-24)38-23-8-4-7-22(13-23)29(31,32)33/h1-10,12-16,18,38H,11,17H2.